The zero-order chi connectivity index (χ0) is 14.8. The van der Waals surface area contributed by atoms with Crippen LogP contribution in [0.5, 0.6) is 0 Å². The SMILES string of the molecule is CC1(C)CC1Cn1c(C2CC2)nc2cc(C(=O)O)ccc21. The Morgan fingerprint density at radius 3 is 2.71 bits per heavy atom. The summed E-state index contributed by atoms with van der Waals surface area (Å²) in [4.78, 5) is 15.9. The smallest absolute Gasteiger partial charge is 0.335 e. The molecule has 1 heterocycles. The predicted octanol–water partition coefficient (Wildman–Crippen LogP) is 3.66. The average molecular weight is 284 g/mol. The van der Waals surface area contributed by atoms with E-state index in [1.54, 1.807) is 12.1 Å². The first-order chi connectivity index (χ1) is 9.95. The van der Waals surface area contributed by atoms with Crippen LogP contribution < -0.4 is 0 Å². The van der Waals surface area contributed by atoms with Gasteiger partial charge >= 0.3 is 5.97 Å². The lowest BCUT2D eigenvalue weighted by atomic mass is 10.1. The van der Waals surface area contributed by atoms with Gasteiger partial charge in [0.25, 0.3) is 0 Å². The summed E-state index contributed by atoms with van der Waals surface area (Å²) in [5.41, 5.74) is 2.68. The molecule has 1 N–H and O–H groups in total. The number of nitrogens with zero attached hydrogens (tertiary/aromatic N) is 2. The molecular weight excluding hydrogens is 264 g/mol. The van der Waals surface area contributed by atoms with Crippen LogP contribution in [0, 0.1) is 11.3 Å². The predicted molar refractivity (Wildman–Crippen MR) is 80.6 cm³/mol. The summed E-state index contributed by atoms with van der Waals surface area (Å²) in [5.74, 6) is 1.57. The normalized spacial score (nSPS) is 23.4. The number of aromatic nitrogens is 2. The number of aromatic carboxylic acids is 1. The van der Waals surface area contributed by atoms with Crippen LogP contribution in [0.3, 0.4) is 0 Å². The maximum atomic E-state index is 11.1. The molecule has 2 aliphatic carbocycles. The van der Waals surface area contributed by atoms with E-state index in [1.165, 1.54) is 19.3 Å². The molecule has 4 nitrogen and oxygen atoms in total. The number of benzene rings is 1. The highest BCUT2D eigenvalue weighted by atomic mass is 16.4. The van der Waals surface area contributed by atoms with Crippen molar-refractivity contribution in [3.63, 3.8) is 0 Å². The summed E-state index contributed by atoms with van der Waals surface area (Å²) in [6.07, 6.45) is 3.69. The van der Waals surface area contributed by atoms with Crippen molar-refractivity contribution >= 4 is 17.0 Å². The van der Waals surface area contributed by atoms with E-state index in [1.807, 2.05) is 6.07 Å². The van der Waals surface area contributed by atoms with E-state index in [2.05, 4.69) is 18.4 Å². The van der Waals surface area contributed by atoms with E-state index in [-0.39, 0.29) is 0 Å². The second-order valence-corrected chi connectivity index (χ2v) is 7.25. The Hall–Kier alpha value is -1.84. The van der Waals surface area contributed by atoms with Crippen molar-refractivity contribution in [2.45, 2.75) is 45.6 Å². The molecule has 0 bridgehead atoms. The van der Waals surface area contributed by atoms with Crippen LogP contribution in [0.2, 0.25) is 0 Å². The molecule has 0 aliphatic heterocycles. The molecule has 0 radical (unpaired) electrons. The third kappa shape index (κ3) is 2.13. The number of imidazole rings is 1. The molecule has 1 unspecified atom stereocenters. The highest BCUT2D eigenvalue weighted by Gasteiger charge is 2.46. The van der Waals surface area contributed by atoms with Gasteiger partial charge in [0, 0.05) is 12.5 Å². The lowest BCUT2D eigenvalue weighted by molar-refractivity contribution is 0.0697. The van der Waals surface area contributed by atoms with Gasteiger partial charge in [-0.3, -0.25) is 0 Å². The van der Waals surface area contributed by atoms with Gasteiger partial charge in [0.2, 0.25) is 0 Å². The maximum absolute atomic E-state index is 11.1. The number of carboxylic acid groups (broad SMARTS) is 1. The van der Waals surface area contributed by atoms with Gasteiger partial charge in [0.05, 0.1) is 16.6 Å². The number of carboxylic acids is 1. The molecule has 1 aromatic heterocycles. The van der Waals surface area contributed by atoms with E-state index in [0.29, 0.717) is 22.8 Å². The summed E-state index contributed by atoms with van der Waals surface area (Å²) in [6.45, 7) is 5.65. The molecule has 0 spiro atoms. The van der Waals surface area contributed by atoms with Crippen molar-refractivity contribution < 1.29 is 9.90 Å². The fourth-order valence-electron chi connectivity index (χ4n) is 3.23. The second-order valence-electron chi connectivity index (χ2n) is 7.25. The standard InChI is InChI=1S/C17H20N2O2/c1-17(2)8-12(17)9-19-14-6-5-11(16(20)21)7-13(14)18-15(19)10-3-4-10/h5-7,10,12H,3-4,8-9H2,1-2H3,(H,20,21). The molecule has 4 rings (SSSR count). The number of carbonyl (C=O) groups is 1. The minimum Gasteiger partial charge on any atom is -0.478 e. The maximum Gasteiger partial charge on any atom is 0.335 e. The third-order valence-corrected chi connectivity index (χ3v) is 5.09. The summed E-state index contributed by atoms with van der Waals surface area (Å²) in [7, 11) is 0. The quantitative estimate of drug-likeness (QED) is 0.932. The first kappa shape index (κ1) is 12.9. The fraction of sp³-hybridized carbons (Fsp3) is 0.529. The minimum absolute atomic E-state index is 0.321. The zero-order valence-corrected chi connectivity index (χ0v) is 12.5. The van der Waals surface area contributed by atoms with Gasteiger partial charge in [-0.15, -0.1) is 0 Å². The Kier molecular flexibility index (Phi) is 2.51. The summed E-state index contributed by atoms with van der Waals surface area (Å²) < 4.78 is 2.35. The van der Waals surface area contributed by atoms with Crippen molar-refractivity contribution in [1.82, 2.24) is 9.55 Å². The first-order valence-corrected chi connectivity index (χ1v) is 7.69. The van der Waals surface area contributed by atoms with Crippen molar-refractivity contribution in [1.29, 1.82) is 0 Å². The van der Waals surface area contributed by atoms with Crippen LogP contribution in [0.4, 0.5) is 0 Å². The van der Waals surface area contributed by atoms with Crippen molar-refractivity contribution in [3.05, 3.63) is 29.6 Å². The van der Waals surface area contributed by atoms with Crippen LogP contribution in [0.1, 0.15) is 55.2 Å². The van der Waals surface area contributed by atoms with Gasteiger partial charge in [-0.05, 0) is 48.8 Å². The fourth-order valence-corrected chi connectivity index (χ4v) is 3.23. The molecule has 1 aromatic carbocycles. The van der Waals surface area contributed by atoms with E-state index >= 15 is 0 Å². The van der Waals surface area contributed by atoms with Gasteiger partial charge in [0.1, 0.15) is 5.82 Å². The van der Waals surface area contributed by atoms with Crippen LogP contribution in [-0.2, 0) is 6.54 Å². The Labute approximate surface area is 123 Å². The molecule has 2 aromatic rings. The molecule has 1 atom stereocenters. The molecular formula is C17H20N2O2. The summed E-state index contributed by atoms with van der Waals surface area (Å²) in [6, 6.07) is 5.32. The minimum atomic E-state index is -0.886. The van der Waals surface area contributed by atoms with E-state index in [0.717, 1.165) is 23.4 Å². The largest absolute Gasteiger partial charge is 0.478 e. The second kappa shape index (κ2) is 4.09. The molecule has 2 saturated carbocycles. The van der Waals surface area contributed by atoms with Gasteiger partial charge in [-0.25, -0.2) is 9.78 Å². The van der Waals surface area contributed by atoms with Gasteiger partial charge < -0.3 is 9.67 Å². The van der Waals surface area contributed by atoms with Crippen molar-refractivity contribution in [2.75, 3.05) is 0 Å². The number of hydrogen-bond acceptors (Lipinski definition) is 2. The molecule has 2 aliphatic rings. The molecule has 0 saturated heterocycles. The van der Waals surface area contributed by atoms with E-state index in [4.69, 9.17) is 10.1 Å². The Morgan fingerprint density at radius 2 is 2.14 bits per heavy atom. The summed E-state index contributed by atoms with van der Waals surface area (Å²) in [5, 5.41) is 9.13. The van der Waals surface area contributed by atoms with Crippen LogP contribution in [0.25, 0.3) is 11.0 Å². The van der Waals surface area contributed by atoms with Gasteiger partial charge in [0.15, 0.2) is 0 Å². The Bertz CT molecular complexity index is 741. The molecule has 110 valence electrons. The Balaban J connectivity index is 1.79. The number of rotatable bonds is 4. The van der Waals surface area contributed by atoms with Crippen LogP contribution in [0.15, 0.2) is 18.2 Å². The van der Waals surface area contributed by atoms with Crippen LogP contribution in [-0.4, -0.2) is 20.6 Å². The van der Waals surface area contributed by atoms with E-state index < -0.39 is 5.97 Å². The number of hydrogen-bond donors (Lipinski definition) is 1. The highest BCUT2D eigenvalue weighted by molar-refractivity contribution is 5.92. The summed E-state index contributed by atoms with van der Waals surface area (Å²) >= 11 is 0. The molecule has 4 heteroatoms. The average Bonchev–Trinajstić information content (AvgIpc) is 3.31. The molecule has 0 amide bonds. The molecule has 2 fully saturated rings. The topological polar surface area (TPSA) is 55.1 Å². The third-order valence-electron chi connectivity index (χ3n) is 5.09. The lowest BCUT2D eigenvalue weighted by Gasteiger charge is -2.10. The zero-order valence-electron chi connectivity index (χ0n) is 12.5. The van der Waals surface area contributed by atoms with Gasteiger partial charge in [-0.2, -0.15) is 0 Å². The monoisotopic (exact) mass is 284 g/mol. The number of fused-ring (bicyclic) bond motifs is 1. The van der Waals surface area contributed by atoms with Gasteiger partial charge in [-0.1, -0.05) is 13.8 Å². The molecule has 21 heavy (non-hydrogen) atoms. The Morgan fingerprint density at radius 1 is 1.43 bits per heavy atom. The highest BCUT2D eigenvalue weighted by Crippen LogP contribution is 2.53. The van der Waals surface area contributed by atoms with E-state index in [9.17, 15) is 4.79 Å². The van der Waals surface area contributed by atoms with Crippen molar-refractivity contribution in [2.24, 2.45) is 11.3 Å². The van der Waals surface area contributed by atoms with Crippen molar-refractivity contribution in [3.8, 4) is 0 Å². The first-order valence-electron chi connectivity index (χ1n) is 7.69. The lowest BCUT2D eigenvalue weighted by Crippen LogP contribution is -2.07. The van der Waals surface area contributed by atoms with Crippen LogP contribution >= 0.6 is 0 Å².